The Kier molecular flexibility index (Phi) is 8.02. The first-order valence-corrected chi connectivity index (χ1v) is 8.30. The van der Waals surface area contributed by atoms with Crippen LogP contribution >= 0.6 is 28.3 Å². The lowest BCUT2D eigenvalue weighted by atomic mass is 9.99. The van der Waals surface area contributed by atoms with Gasteiger partial charge in [0.15, 0.2) is 0 Å². The van der Waals surface area contributed by atoms with Gasteiger partial charge in [0.2, 0.25) is 11.8 Å². The molecule has 0 spiro atoms. The summed E-state index contributed by atoms with van der Waals surface area (Å²) in [7, 11) is 1.66. The van der Waals surface area contributed by atoms with Crippen molar-refractivity contribution < 1.29 is 9.59 Å². The number of para-hydroxylation sites is 1. The van der Waals surface area contributed by atoms with E-state index in [1.165, 1.54) is 4.90 Å². The molecule has 0 aliphatic heterocycles. The Balaban J connectivity index is 0.00000264. The summed E-state index contributed by atoms with van der Waals surface area (Å²) in [6.07, 6.45) is 3.51. The number of nitrogens with zero attached hydrogens (tertiary/aromatic N) is 1. The van der Waals surface area contributed by atoms with Crippen LogP contribution < -0.4 is 11.1 Å². The minimum Gasteiger partial charge on any atom is -0.336 e. The molecule has 1 aromatic rings. The highest BCUT2D eigenvalue weighted by molar-refractivity contribution is 9.10. The fourth-order valence-electron chi connectivity index (χ4n) is 2.75. The van der Waals surface area contributed by atoms with Gasteiger partial charge in [0.1, 0.15) is 0 Å². The quantitative estimate of drug-likeness (QED) is 0.792. The molecule has 1 saturated carbocycles. The fraction of sp³-hybridized carbons (Fsp3) is 0.500. The number of carbonyl (C=O) groups is 2. The molecule has 128 valence electrons. The van der Waals surface area contributed by atoms with Crippen molar-refractivity contribution in [1.82, 2.24) is 4.90 Å². The molecule has 0 unspecified atom stereocenters. The van der Waals surface area contributed by atoms with Crippen molar-refractivity contribution in [1.29, 1.82) is 0 Å². The molecule has 2 atom stereocenters. The number of amides is 2. The van der Waals surface area contributed by atoms with E-state index in [2.05, 4.69) is 21.2 Å². The molecule has 0 bridgehead atoms. The third-order valence-corrected chi connectivity index (χ3v) is 4.80. The Labute approximate surface area is 151 Å². The monoisotopic (exact) mass is 403 g/mol. The van der Waals surface area contributed by atoms with Crippen molar-refractivity contribution in [2.24, 2.45) is 11.7 Å². The predicted molar refractivity (Wildman–Crippen MR) is 97.6 cm³/mol. The predicted octanol–water partition coefficient (Wildman–Crippen LogP) is 2.79. The molecule has 0 heterocycles. The largest absolute Gasteiger partial charge is 0.336 e. The van der Waals surface area contributed by atoms with Gasteiger partial charge in [-0.05, 0) is 46.8 Å². The number of nitrogens with two attached hydrogens (primary N) is 1. The van der Waals surface area contributed by atoms with E-state index in [9.17, 15) is 9.59 Å². The van der Waals surface area contributed by atoms with E-state index in [4.69, 9.17) is 5.73 Å². The number of hydrogen-bond acceptors (Lipinski definition) is 3. The van der Waals surface area contributed by atoms with E-state index in [0.29, 0.717) is 12.1 Å². The van der Waals surface area contributed by atoms with E-state index >= 15 is 0 Å². The van der Waals surface area contributed by atoms with Gasteiger partial charge in [0.05, 0.1) is 12.2 Å². The topological polar surface area (TPSA) is 75.4 Å². The molecule has 1 fully saturated rings. The average molecular weight is 405 g/mol. The number of benzene rings is 1. The van der Waals surface area contributed by atoms with Gasteiger partial charge in [-0.25, -0.2) is 0 Å². The summed E-state index contributed by atoms with van der Waals surface area (Å²) in [5, 5.41) is 2.79. The second kappa shape index (κ2) is 9.25. The maximum atomic E-state index is 12.2. The van der Waals surface area contributed by atoms with Crippen LogP contribution in [0, 0.1) is 5.92 Å². The van der Waals surface area contributed by atoms with Crippen molar-refractivity contribution in [2.45, 2.75) is 31.7 Å². The summed E-state index contributed by atoms with van der Waals surface area (Å²) in [4.78, 5) is 25.7. The van der Waals surface area contributed by atoms with Crippen LogP contribution in [0.15, 0.2) is 28.7 Å². The van der Waals surface area contributed by atoms with Crippen LogP contribution in [-0.4, -0.2) is 36.3 Å². The summed E-state index contributed by atoms with van der Waals surface area (Å²) >= 11 is 3.38. The molecule has 0 radical (unpaired) electrons. The van der Waals surface area contributed by atoms with Crippen molar-refractivity contribution in [3.63, 3.8) is 0 Å². The zero-order chi connectivity index (χ0) is 16.1. The molecule has 1 aliphatic carbocycles. The molecule has 5 nitrogen and oxygen atoms in total. The van der Waals surface area contributed by atoms with Crippen LogP contribution in [0.25, 0.3) is 0 Å². The number of hydrogen-bond donors (Lipinski definition) is 2. The van der Waals surface area contributed by atoms with Crippen molar-refractivity contribution in [2.75, 3.05) is 18.9 Å². The molecule has 1 aromatic carbocycles. The second-order valence-corrected chi connectivity index (χ2v) is 6.69. The molecule has 1 aliphatic rings. The standard InChI is InChI=1S/C16H22BrN3O2.ClH/c1-20(16(22)9-11-5-4-7-13(11)18)10-15(21)19-14-8-3-2-6-12(14)17;/h2-3,6,8,11,13H,4-5,7,9-10,18H2,1H3,(H,19,21);1H/t11-,13+;/m0./s1. The number of carbonyl (C=O) groups excluding carboxylic acids is 2. The average Bonchev–Trinajstić information content (AvgIpc) is 2.86. The molecule has 2 amide bonds. The van der Waals surface area contributed by atoms with E-state index in [1.54, 1.807) is 13.1 Å². The van der Waals surface area contributed by atoms with Crippen LogP contribution in [-0.2, 0) is 9.59 Å². The Morgan fingerprint density at radius 2 is 2.04 bits per heavy atom. The van der Waals surface area contributed by atoms with Gasteiger partial charge in [-0.2, -0.15) is 0 Å². The van der Waals surface area contributed by atoms with Crippen molar-refractivity contribution in [3.8, 4) is 0 Å². The van der Waals surface area contributed by atoms with Gasteiger partial charge in [-0.15, -0.1) is 12.4 Å². The van der Waals surface area contributed by atoms with Gasteiger partial charge in [-0.3, -0.25) is 9.59 Å². The normalized spacial score (nSPS) is 19.8. The Hall–Kier alpha value is -1.11. The zero-order valence-electron chi connectivity index (χ0n) is 13.1. The summed E-state index contributed by atoms with van der Waals surface area (Å²) in [5.74, 6) is 0.0179. The number of nitrogens with one attached hydrogen (secondary N) is 1. The minimum atomic E-state index is -0.210. The molecular weight excluding hydrogens is 382 g/mol. The highest BCUT2D eigenvalue weighted by Gasteiger charge is 2.27. The third-order valence-electron chi connectivity index (χ3n) is 4.11. The molecule has 3 N–H and O–H groups in total. The number of halogens is 2. The zero-order valence-corrected chi connectivity index (χ0v) is 15.5. The van der Waals surface area contributed by atoms with Gasteiger partial charge in [0.25, 0.3) is 0 Å². The highest BCUT2D eigenvalue weighted by Crippen LogP contribution is 2.27. The van der Waals surface area contributed by atoms with E-state index in [1.807, 2.05) is 18.2 Å². The molecule has 23 heavy (non-hydrogen) atoms. The van der Waals surface area contributed by atoms with Crippen LogP contribution in [0.5, 0.6) is 0 Å². The first-order chi connectivity index (χ1) is 10.5. The number of likely N-dealkylation sites (N-methyl/N-ethyl adjacent to an activating group) is 1. The number of anilines is 1. The van der Waals surface area contributed by atoms with Crippen LogP contribution in [0.3, 0.4) is 0 Å². The fourth-order valence-corrected chi connectivity index (χ4v) is 3.14. The number of rotatable bonds is 5. The summed E-state index contributed by atoms with van der Waals surface area (Å²) in [5.41, 5.74) is 6.69. The molecule has 2 rings (SSSR count). The van der Waals surface area contributed by atoms with Gasteiger partial charge in [-0.1, -0.05) is 18.6 Å². The van der Waals surface area contributed by atoms with Gasteiger partial charge < -0.3 is 16.0 Å². The van der Waals surface area contributed by atoms with E-state index in [0.717, 1.165) is 23.7 Å². The highest BCUT2D eigenvalue weighted by atomic mass is 79.9. The minimum absolute atomic E-state index is 0. The maximum Gasteiger partial charge on any atom is 0.244 e. The smallest absolute Gasteiger partial charge is 0.244 e. The Morgan fingerprint density at radius 1 is 1.35 bits per heavy atom. The molecule has 7 heteroatoms. The summed E-state index contributed by atoms with van der Waals surface area (Å²) < 4.78 is 0.814. The lowest BCUT2D eigenvalue weighted by Crippen LogP contribution is -2.37. The molecule has 0 saturated heterocycles. The third kappa shape index (κ3) is 5.79. The van der Waals surface area contributed by atoms with Gasteiger partial charge >= 0.3 is 0 Å². The molecule has 0 aromatic heterocycles. The molecular formula is C16H23BrClN3O2. The maximum absolute atomic E-state index is 12.2. The Morgan fingerprint density at radius 3 is 2.65 bits per heavy atom. The van der Waals surface area contributed by atoms with Crippen molar-refractivity contribution >= 4 is 45.8 Å². The van der Waals surface area contributed by atoms with Crippen molar-refractivity contribution in [3.05, 3.63) is 28.7 Å². The Bertz CT molecular complexity index is 556. The first kappa shape index (κ1) is 19.9. The lowest BCUT2D eigenvalue weighted by molar-refractivity contribution is -0.134. The second-order valence-electron chi connectivity index (χ2n) is 5.84. The first-order valence-electron chi connectivity index (χ1n) is 7.51. The van der Waals surface area contributed by atoms with Gasteiger partial charge in [0, 0.05) is 24.0 Å². The van der Waals surface area contributed by atoms with E-state index in [-0.39, 0.29) is 42.7 Å². The van der Waals surface area contributed by atoms with E-state index < -0.39 is 0 Å². The summed E-state index contributed by atoms with van der Waals surface area (Å²) in [6, 6.07) is 7.50. The lowest BCUT2D eigenvalue weighted by Gasteiger charge is -2.21. The SMILES string of the molecule is CN(CC(=O)Nc1ccccc1Br)C(=O)C[C@@H]1CCC[C@H]1N.Cl. The van der Waals surface area contributed by atoms with Crippen LogP contribution in [0.4, 0.5) is 5.69 Å². The van der Waals surface area contributed by atoms with Crippen LogP contribution in [0.2, 0.25) is 0 Å². The van der Waals surface area contributed by atoms with Crippen LogP contribution in [0.1, 0.15) is 25.7 Å². The summed E-state index contributed by atoms with van der Waals surface area (Å²) in [6.45, 7) is 0.0438.